The fraction of sp³-hybridized carbons (Fsp3) is 0.406. The molecular formula is C32H37F4N5O3. The summed E-state index contributed by atoms with van der Waals surface area (Å²) in [6.07, 6.45) is -1.68. The lowest BCUT2D eigenvalue weighted by Gasteiger charge is -2.44. The van der Waals surface area contributed by atoms with Crippen LogP contribution in [0.15, 0.2) is 53.5 Å². The van der Waals surface area contributed by atoms with E-state index in [-0.39, 0.29) is 41.1 Å². The maximum Gasteiger partial charge on any atom is 0.417 e. The topological polar surface area (TPSA) is 112 Å². The molecule has 1 amide bonds. The fourth-order valence-electron chi connectivity index (χ4n) is 5.44. The van der Waals surface area contributed by atoms with Gasteiger partial charge in [-0.1, -0.05) is 24.6 Å². The van der Waals surface area contributed by atoms with Crippen molar-refractivity contribution in [3.63, 3.8) is 0 Å². The minimum absolute atomic E-state index is 0.135. The number of aromatic nitrogens is 1. The van der Waals surface area contributed by atoms with Gasteiger partial charge in [0.2, 0.25) is 5.56 Å². The van der Waals surface area contributed by atoms with Crippen molar-refractivity contribution < 1.29 is 27.2 Å². The SMILES string of the molecule is C[C@@H]1CN(c2ccc(-c3ccc(C(=O)CCCCCN)cc3F)cc2NC(=O)c2c[nH]c(=O)cc2C(F)(F)F)C[C@H](C)N1C. The van der Waals surface area contributed by atoms with Crippen LogP contribution in [-0.4, -0.2) is 60.3 Å². The van der Waals surface area contributed by atoms with Gasteiger partial charge in [0.15, 0.2) is 5.78 Å². The number of carbonyl (C=O) groups excluding carboxylic acids is 2. The van der Waals surface area contributed by atoms with E-state index in [0.717, 1.165) is 19.0 Å². The van der Waals surface area contributed by atoms with E-state index in [1.165, 1.54) is 24.3 Å². The van der Waals surface area contributed by atoms with Gasteiger partial charge in [-0.05, 0) is 64.0 Å². The number of piperazine rings is 1. The third-order valence-electron chi connectivity index (χ3n) is 8.13. The van der Waals surface area contributed by atoms with Crippen molar-refractivity contribution in [1.82, 2.24) is 9.88 Å². The number of pyridine rings is 1. The highest BCUT2D eigenvalue weighted by Crippen LogP contribution is 2.36. The maximum absolute atomic E-state index is 15.4. The van der Waals surface area contributed by atoms with E-state index in [1.807, 2.05) is 25.8 Å². The molecule has 1 aliphatic rings. The summed E-state index contributed by atoms with van der Waals surface area (Å²) >= 11 is 0. The summed E-state index contributed by atoms with van der Waals surface area (Å²) in [5, 5.41) is 2.59. The van der Waals surface area contributed by atoms with Crippen LogP contribution < -0.4 is 21.5 Å². The van der Waals surface area contributed by atoms with Gasteiger partial charge in [0.05, 0.1) is 22.5 Å². The molecule has 1 saturated heterocycles. The molecule has 1 aliphatic heterocycles. The van der Waals surface area contributed by atoms with Crippen molar-refractivity contribution in [1.29, 1.82) is 0 Å². The average Bonchev–Trinajstić information content (AvgIpc) is 2.97. The summed E-state index contributed by atoms with van der Waals surface area (Å²) in [5.41, 5.74) is 3.86. The van der Waals surface area contributed by atoms with E-state index in [2.05, 4.69) is 15.2 Å². The van der Waals surface area contributed by atoms with E-state index in [4.69, 9.17) is 5.73 Å². The Morgan fingerprint density at radius 2 is 1.73 bits per heavy atom. The molecule has 0 aliphatic carbocycles. The van der Waals surface area contributed by atoms with Crippen LogP contribution in [0.5, 0.6) is 0 Å². The van der Waals surface area contributed by atoms with Crippen molar-refractivity contribution in [3.05, 3.63) is 81.5 Å². The zero-order chi connectivity index (χ0) is 32.2. The van der Waals surface area contributed by atoms with Gasteiger partial charge in [-0.15, -0.1) is 0 Å². The number of unbranched alkanes of at least 4 members (excludes halogenated alkanes) is 2. The first-order valence-electron chi connectivity index (χ1n) is 14.6. The van der Waals surface area contributed by atoms with Crippen LogP contribution >= 0.6 is 0 Å². The molecule has 2 aromatic carbocycles. The highest BCUT2D eigenvalue weighted by atomic mass is 19.4. The van der Waals surface area contributed by atoms with Crippen molar-refractivity contribution in [3.8, 4) is 11.1 Å². The predicted octanol–water partition coefficient (Wildman–Crippen LogP) is 5.68. The lowest BCUT2D eigenvalue weighted by Crippen LogP contribution is -2.55. The molecule has 12 heteroatoms. The van der Waals surface area contributed by atoms with Crippen molar-refractivity contribution >= 4 is 23.1 Å². The van der Waals surface area contributed by atoms with E-state index < -0.39 is 34.6 Å². The number of hydrogen-bond donors (Lipinski definition) is 3. The number of aromatic amines is 1. The van der Waals surface area contributed by atoms with E-state index >= 15 is 4.39 Å². The molecule has 4 N–H and O–H groups in total. The van der Waals surface area contributed by atoms with E-state index in [0.29, 0.717) is 43.4 Å². The Kier molecular flexibility index (Phi) is 10.3. The monoisotopic (exact) mass is 615 g/mol. The third kappa shape index (κ3) is 7.54. The molecule has 0 unspecified atom stereocenters. The molecule has 0 spiro atoms. The van der Waals surface area contributed by atoms with Gasteiger partial charge in [0.25, 0.3) is 5.91 Å². The number of benzene rings is 2. The summed E-state index contributed by atoms with van der Waals surface area (Å²) in [7, 11) is 2.00. The molecule has 236 valence electrons. The summed E-state index contributed by atoms with van der Waals surface area (Å²) in [4.78, 5) is 43.9. The molecule has 2 atom stereocenters. The highest BCUT2D eigenvalue weighted by molar-refractivity contribution is 6.07. The fourth-order valence-corrected chi connectivity index (χ4v) is 5.44. The molecule has 3 aromatic rings. The second kappa shape index (κ2) is 13.7. The van der Waals surface area contributed by atoms with Crippen LogP contribution in [0.2, 0.25) is 0 Å². The predicted molar refractivity (Wildman–Crippen MR) is 163 cm³/mol. The number of anilines is 2. The molecule has 4 rings (SSSR count). The molecule has 8 nitrogen and oxygen atoms in total. The number of hydrogen-bond acceptors (Lipinski definition) is 6. The Morgan fingerprint density at radius 3 is 2.36 bits per heavy atom. The Hall–Kier alpha value is -4.03. The molecule has 1 aromatic heterocycles. The molecule has 0 radical (unpaired) electrons. The number of nitrogens with one attached hydrogen (secondary N) is 2. The van der Waals surface area contributed by atoms with Gasteiger partial charge in [0, 0.05) is 55.0 Å². The molecular weight excluding hydrogens is 578 g/mol. The van der Waals surface area contributed by atoms with Crippen LogP contribution in [0.4, 0.5) is 28.9 Å². The lowest BCUT2D eigenvalue weighted by molar-refractivity contribution is -0.138. The van der Waals surface area contributed by atoms with Crippen LogP contribution in [0, 0.1) is 5.82 Å². The maximum atomic E-state index is 15.4. The van der Waals surface area contributed by atoms with Crippen molar-refractivity contribution in [2.45, 2.75) is 57.8 Å². The molecule has 0 bridgehead atoms. The number of nitrogens with two attached hydrogens (primary N) is 1. The zero-order valence-electron chi connectivity index (χ0n) is 24.9. The first kappa shape index (κ1) is 32.9. The smallest absolute Gasteiger partial charge is 0.367 e. The summed E-state index contributed by atoms with van der Waals surface area (Å²) in [5.74, 6) is -1.92. The number of amides is 1. The number of H-pyrrole nitrogens is 1. The second-order valence-corrected chi connectivity index (χ2v) is 11.3. The minimum Gasteiger partial charge on any atom is -0.367 e. The summed E-state index contributed by atoms with van der Waals surface area (Å²) in [6, 6.07) is 9.68. The number of ketones is 1. The summed E-state index contributed by atoms with van der Waals surface area (Å²) < 4.78 is 56.6. The van der Waals surface area contributed by atoms with Gasteiger partial charge in [-0.3, -0.25) is 19.3 Å². The number of nitrogens with zero attached hydrogens (tertiary/aromatic N) is 2. The normalized spacial score (nSPS) is 17.5. The van der Waals surface area contributed by atoms with Gasteiger partial charge in [-0.2, -0.15) is 13.2 Å². The number of likely N-dealkylation sites (N-methyl/N-ethyl adjacent to an activating group) is 1. The molecule has 1 fully saturated rings. The Morgan fingerprint density at radius 1 is 1.02 bits per heavy atom. The zero-order valence-corrected chi connectivity index (χ0v) is 24.9. The molecule has 44 heavy (non-hydrogen) atoms. The lowest BCUT2D eigenvalue weighted by atomic mass is 9.98. The van der Waals surface area contributed by atoms with Crippen LogP contribution in [0.1, 0.15) is 65.8 Å². The van der Waals surface area contributed by atoms with E-state index in [1.54, 1.807) is 12.1 Å². The van der Waals surface area contributed by atoms with Gasteiger partial charge in [0.1, 0.15) is 5.82 Å². The van der Waals surface area contributed by atoms with Crippen LogP contribution in [-0.2, 0) is 6.18 Å². The van der Waals surface area contributed by atoms with Crippen molar-refractivity contribution in [2.75, 3.05) is 36.9 Å². The average molecular weight is 616 g/mol. The van der Waals surface area contributed by atoms with Crippen molar-refractivity contribution in [2.24, 2.45) is 5.73 Å². The standard InChI is InChI=1S/C32H37F4N5O3/c1-19-17-41(18-20(2)40(19)3)28-11-9-21(23-10-8-22(13-26(23)33)29(42)7-5-4-6-12-37)14-27(28)39-31(44)24-16-38-30(43)15-25(24)32(34,35)36/h8-11,13-16,19-20H,4-7,12,17-18,37H2,1-3H3,(H,38,43)(H,39,44)/t19-,20+. The Balaban J connectivity index is 1.71. The first-order chi connectivity index (χ1) is 20.8. The highest BCUT2D eigenvalue weighted by Gasteiger charge is 2.36. The van der Waals surface area contributed by atoms with Gasteiger partial charge < -0.3 is 20.9 Å². The second-order valence-electron chi connectivity index (χ2n) is 11.3. The number of Topliss-reactive ketones (excluding diaryl/α,β-unsaturated/α-hetero) is 1. The Labute approximate surface area is 253 Å². The molecule has 0 saturated carbocycles. The molecule has 2 heterocycles. The largest absolute Gasteiger partial charge is 0.417 e. The number of alkyl halides is 3. The Bertz CT molecular complexity index is 1560. The third-order valence-corrected chi connectivity index (χ3v) is 8.13. The van der Waals surface area contributed by atoms with Gasteiger partial charge >= 0.3 is 6.18 Å². The summed E-state index contributed by atoms with van der Waals surface area (Å²) in [6.45, 7) is 5.78. The number of halogens is 4. The first-order valence-corrected chi connectivity index (χ1v) is 14.6. The van der Waals surface area contributed by atoms with E-state index in [9.17, 15) is 27.6 Å². The van der Waals surface area contributed by atoms with Gasteiger partial charge in [-0.25, -0.2) is 4.39 Å². The van der Waals surface area contributed by atoms with Crippen LogP contribution in [0.25, 0.3) is 11.1 Å². The quantitative estimate of drug-likeness (QED) is 0.154. The number of rotatable bonds is 10. The van der Waals surface area contributed by atoms with Crippen LogP contribution in [0.3, 0.4) is 0 Å². The minimum atomic E-state index is -4.94. The number of carbonyl (C=O) groups is 2.